The minimum atomic E-state index is -0.623. The number of ether oxygens (including phenoxy) is 1. The number of carbonyl (C=O) groups excluding carboxylic acids is 2. The number of allylic oxidation sites excluding steroid dienone is 1. The van der Waals surface area contributed by atoms with Gasteiger partial charge in [0.2, 0.25) is 0 Å². The second-order valence-electron chi connectivity index (χ2n) is 8.47. The molecule has 2 aromatic carbocycles. The Morgan fingerprint density at radius 1 is 1.18 bits per heavy atom. The number of anilines is 1. The fraction of sp³-hybridized carbons (Fsp3) is 0.345. The molecular weight excluding hydrogens is 502 g/mol. The van der Waals surface area contributed by atoms with Crippen LogP contribution in [0.4, 0.5) is 5.82 Å². The molecule has 1 fully saturated rings. The summed E-state index contributed by atoms with van der Waals surface area (Å²) < 4.78 is 6.92. The standard InChI is InChI=1S/C24H26ClN5O3.C3H6.C2H6/c1-33-19-5-3-2-4-18(19)24(32)28-13-14-6-8-15(9-7-14)21-20(23(27)31)22(26)30(29-21)17-11-10-16(25)12-17;1-3-2;1-2/h2-9,16-17H,10-13,26H2,1H3,(H2,27,31)(H,28,32);3H,1H2,2H3;1-2H3. The molecular formula is C29H38ClN5O3. The third-order valence-electron chi connectivity index (χ3n) is 5.91. The number of nitrogens with two attached hydrogens (primary N) is 2. The lowest BCUT2D eigenvalue weighted by atomic mass is 10.0. The van der Waals surface area contributed by atoms with Gasteiger partial charge >= 0.3 is 0 Å². The molecule has 38 heavy (non-hydrogen) atoms. The van der Waals surface area contributed by atoms with Crippen molar-refractivity contribution in [3.63, 3.8) is 0 Å². The van der Waals surface area contributed by atoms with E-state index in [0.717, 1.165) is 30.4 Å². The lowest BCUT2D eigenvalue weighted by Gasteiger charge is -2.11. The molecule has 0 spiro atoms. The number of halogens is 1. The van der Waals surface area contributed by atoms with E-state index in [9.17, 15) is 9.59 Å². The van der Waals surface area contributed by atoms with E-state index in [1.807, 2.05) is 51.1 Å². The van der Waals surface area contributed by atoms with Gasteiger partial charge in [-0.15, -0.1) is 18.2 Å². The number of alkyl halides is 1. The molecule has 1 aliphatic carbocycles. The zero-order chi connectivity index (χ0) is 28.2. The number of para-hydroxylation sites is 1. The van der Waals surface area contributed by atoms with Gasteiger partial charge in [-0.05, 0) is 43.9 Å². The summed E-state index contributed by atoms with van der Waals surface area (Å²) in [6.07, 6.45) is 4.22. The second-order valence-corrected chi connectivity index (χ2v) is 9.09. The van der Waals surface area contributed by atoms with Crippen LogP contribution < -0.4 is 21.5 Å². The van der Waals surface area contributed by atoms with Crippen molar-refractivity contribution in [3.8, 4) is 17.0 Å². The first-order chi connectivity index (χ1) is 18.3. The fourth-order valence-corrected chi connectivity index (χ4v) is 4.52. The number of hydrogen-bond donors (Lipinski definition) is 3. The Balaban J connectivity index is 0.000000947. The van der Waals surface area contributed by atoms with Gasteiger partial charge in [-0.2, -0.15) is 5.10 Å². The number of nitrogens with one attached hydrogen (secondary N) is 1. The Morgan fingerprint density at radius 2 is 1.82 bits per heavy atom. The number of nitrogen functional groups attached to an aromatic ring is 1. The van der Waals surface area contributed by atoms with Crippen molar-refractivity contribution in [2.24, 2.45) is 5.73 Å². The van der Waals surface area contributed by atoms with Crippen LogP contribution in [0.25, 0.3) is 11.3 Å². The fourth-order valence-electron chi connectivity index (χ4n) is 4.19. The summed E-state index contributed by atoms with van der Waals surface area (Å²) >= 11 is 6.25. The zero-order valence-electron chi connectivity index (χ0n) is 22.5. The predicted octanol–water partition coefficient (Wildman–Crippen LogP) is 5.72. The van der Waals surface area contributed by atoms with Crippen LogP contribution in [0.3, 0.4) is 0 Å². The highest BCUT2D eigenvalue weighted by Crippen LogP contribution is 2.37. The van der Waals surface area contributed by atoms with Crippen molar-refractivity contribution in [3.05, 3.63) is 77.9 Å². The van der Waals surface area contributed by atoms with Crippen LogP contribution in [0.2, 0.25) is 0 Å². The van der Waals surface area contributed by atoms with Crippen molar-refractivity contribution in [2.45, 2.75) is 58.0 Å². The highest BCUT2D eigenvalue weighted by Gasteiger charge is 2.30. The molecule has 3 aromatic rings. The van der Waals surface area contributed by atoms with E-state index in [1.165, 1.54) is 7.11 Å². The van der Waals surface area contributed by atoms with Crippen molar-refractivity contribution in [1.82, 2.24) is 15.1 Å². The Morgan fingerprint density at radius 3 is 2.37 bits per heavy atom. The number of carbonyl (C=O) groups is 2. The number of nitrogens with zero attached hydrogens (tertiary/aromatic N) is 2. The molecule has 1 aliphatic rings. The summed E-state index contributed by atoms with van der Waals surface area (Å²) in [5.41, 5.74) is 14.6. The first-order valence-electron chi connectivity index (χ1n) is 12.7. The van der Waals surface area contributed by atoms with E-state index in [-0.39, 0.29) is 28.7 Å². The normalized spacial score (nSPS) is 15.8. The van der Waals surface area contributed by atoms with Gasteiger partial charge in [-0.1, -0.05) is 56.3 Å². The van der Waals surface area contributed by atoms with Crippen molar-refractivity contribution in [2.75, 3.05) is 12.8 Å². The van der Waals surface area contributed by atoms with E-state index in [2.05, 4.69) is 17.0 Å². The van der Waals surface area contributed by atoms with E-state index in [1.54, 1.807) is 29.0 Å². The van der Waals surface area contributed by atoms with E-state index in [0.29, 0.717) is 23.6 Å². The van der Waals surface area contributed by atoms with E-state index >= 15 is 0 Å². The van der Waals surface area contributed by atoms with E-state index in [4.69, 9.17) is 27.8 Å². The molecule has 1 heterocycles. The number of rotatable bonds is 7. The Kier molecular flexibility index (Phi) is 11.9. The zero-order valence-corrected chi connectivity index (χ0v) is 23.3. The molecule has 2 unspecified atom stereocenters. The average molecular weight is 540 g/mol. The predicted molar refractivity (Wildman–Crippen MR) is 155 cm³/mol. The number of hydrogen-bond acceptors (Lipinski definition) is 5. The number of methoxy groups -OCH3 is 1. The van der Waals surface area contributed by atoms with Crippen LogP contribution in [-0.2, 0) is 6.54 Å². The topological polar surface area (TPSA) is 125 Å². The number of primary amides is 1. The van der Waals surface area contributed by atoms with Crippen LogP contribution in [0.1, 0.15) is 72.4 Å². The van der Waals surface area contributed by atoms with Crippen LogP contribution >= 0.6 is 11.6 Å². The maximum atomic E-state index is 12.5. The second kappa shape index (κ2) is 14.8. The minimum absolute atomic E-state index is 0.0452. The quantitative estimate of drug-likeness (QED) is 0.261. The highest BCUT2D eigenvalue weighted by molar-refractivity contribution is 6.20. The third-order valence-corrected chi connectivity index (χ3v) is 6.31. The Bertz CT molecular complexity index is 1220. The Hall–Kier alpha value is -3.78. The molecule has 4 rings (SSSR count). The first kappa shape index (κ1) is 30.4. The highest BCUT2D eigenvalue weighted by atomic mass is 35.5. The average Bonchev–Trinajstić information content (AvgIpc) is 3.51. The van der Waals surface area contributed by atoms with Gasteiger partial charge in [0.25, 0.3) is 11.8 Å². The Labute approximate surface area is 230 Å². The van der Waals surface area contributed by atoms with Gasteiger partial charge in [-0.25, -0.2) is 4.68 Å². The van der Waals surface area contributed by atoms with Crippen molar-refractivity contribution >= 4 is 29.2 Å². The lowest BCUT2D eigenvalue weighted by molar-refractivity contribution is 0.0946. The van der Waals surface area contributed by atoms with Crippen molar-refractivity contribution < 1.29 is 14.3 Å². The molecule has 2 atom stereocenters. The van der Waals surface area contributed by atoms with Gasteiger partial charge in [0.15, 0.2) is 0 Å². The molecule has 1 saturated carbocycles. The van der Waals surface area contributed by atoms with Crippen LogP contribution in [-0.4, -0.2) is 34.1 Å². The molecule has 0 bridgehead atoms. The summed E-state index contributed by atoms with van der Waals surface area (Å²) in [7, 11) is 1.53. The summed E-state index contributed by atoms with van der Waals surface area (Å²) in [5, 5.41) is 7.59. The molecule has 0 saturated heterocycles. The first-order valence-corrected chi connectivity index (χ1v) is 13.1. The molecule has 5 N–H and O–H groups in total. The molecule has 2 amide bonds. The summed E-state index contributed by atoms with van der Waals surface area (Å²) in [6, 6.07) is 14.5. The third kappa shape index (κ3) is 7.38. The smallest absolute Gasteiger partial charge is 0.255 e. The largest absolute Gasteiger partial charge is 0.496 e. The maximum Gasteiger partial charge on any atom is 0.255 e. The summed E-state index contributed by atoms with van der Waals surface area (Å²) in [5.74, 6) is -0.0720. The van der Waals surface area contributed by atoms with Gasteiger partial charge in [-0.3, -0.25) is 9.59 Å². The van der Waals surface area contributed by atoms with Gasteiger partial charge in [0.1, 0.15) is 22.8 Å². The van der Waals surface area contributed by atoms with Crippen molar-refractivity contribution in [1.29, 1.82) is 0 Å². The van der Waals surface area contributed by atoms with Gasteiger partial charge < -0.3 is 21.5 Å². The van der Waals surface area contributed by atoms with Crippen LogP contribution in [0, 0.1) is 0 Å². The summed E-state index contributed by atoms with van der Waals surface area (Å²) in [4.78, 5) is 24.7. The van der Waals surface area contributed by atoms with Crippen LogP contribution in [0.5, 0.6) is 5.75 Å². The molecule has 9 heteroatoms. The molecule has 0 radical (unpaired) electrons. The maximum absolute atomic E-state index is 12.5. The number of benzene rings is 2. The monoisotopic (exact) mass is 539 g/mol. The number of aromatic nitrogens is 2. The van der Waals surface area contributed by atoms with Crippen LogP contribution in [0.15, 0.2) is 61.2 Å². The number of amides is 2. The van der Waals surface area contributed by atoms with Gasteiger partial charge in [0, 0.05) is 17.5 Å². The van der Waals surface area contributed by atoms with E-state index < -0.39 is 5.91 Å². The molecule has 204 valence electrons. The molecule has 1 aromatic heterocycles. The molecule has 8 nitrogen and oxygen atoms in total. The molecule has 0 aliphatic heterocycles. The minimum Gasteiger partial charge on any atom is -0.496 e. The SMILES string of the molecule is C=CC.CC.COc1ccccc1C(=O)NCc1ccc(-c2nn(C3CCC(Cl)C3)c(N)c2C(N)=O)cc1. The lowest BCUT2D eigenvalue weighted by Crippen LogP contribution is -2.23. The van der Waals surface area contributed by atoms with Gasteiger partial charge in [0.05, 0.1) is 18.7 Å². The summed E-state index contributed by atoms with van der Waals surface area (Å²) in [6.45, 7) is 9.58.